The molecule has 0 saturated heterocycles. The number of benzene rings is 1. The Labute approximate surface area is 111 Å². The Morgan fingerprint density at radius 1 is 1.37 bits per heavy atom. The first-order chi connectivity index (χ1) is 9.27. The Balaban J connectivity index is 2.43. The van der Waals surface area contributed by atoms with Crippen molar-refractivity contribution in [3.05, 3.63) is 47.8 Å². The smallest absolute Gasteiger partial charge is 0.278 e. The monoisotopic (exact) mass is 259 g/mol. The Hall–Kier alpha value is -2.14. The SMILES string of the molecule is CCCCc1c(C(=O)NO)cnn1-c1ccccc1. The van der Waals surface area contributed by atoms with Crippen molar-refractivity contribution in [1.82, 2.24) is 15.3 Å². The van der Waals surface area contributed by atoms with Gasteiger partial charge in [0.2, 0.25) is 0 Å². The molecule has 0 radical (unpaired) electrons. The van der Waals surface area contributed by atoms with Gasteiger partial charge in [-0.3, -0.25) is 10.0 Å². The van der Waals surface area contributed by atoms with Gasteiger partial charge in [-0.25, -0.2) is 10.2 Å². The minimum Gasteiger partial charge on any atom is -0.288 e. The maximum Gasteiger partial charge on any atom is 0.278 e. The van der Waals surface area contributed by atoms with Gasteiger partial charge >= 0.3 is 0 Å². The second kappa shape index (κ2) is 6.15. The van der Waals surface area contributed by atoms with Crippen LogP contribution in [0.25, 0.3) is 5.69 Å². The number of carbonyl (C=O) groups is 1. The highest BCUT2D eigenvalue weighted by Crippen LogP contribution is 2.17. The van der Waals surface area contributed by atoms with E-state index in [4.69, 9.17) is 5.21 Å². The van der Waals surface area contributed by atoms with Crippen molar-refractivity contribution >= 4 is 5.91 Å². The molecule has 2 aromatic rings. The standard InChI is InChI=1S/C14H17N3O2/c1-2-3-9-13-12(14(18)16-19)10-15-17(13)11-7-5-4-6-8-11/h4-8,10,19H,2-3,9H2,1H3,(H,16,18). The predicted molar refractivity (Wildman–Crippen MR) is 71.4 cm³/mol. The molecule has 19 heavy (non-hydrogen) atoms. The number of nitrogens with one attached hydrogen (secondary N) is 1. The van der Waals surface area contributed by atoms with Gasteiger partial charge in [0.05, 0.1) is 23.1 Å². The zero-order valence-electron chi connectivity index (χ0n) is 10.8. The number of carbonyl (C=O) groups excluding carboxylic acids is 1. The first kappa shape index (κ1) is 13.3. The van der Waals surface area contributed by atoms with E-state index in [1.807, 2.05) is 30.3 Å². The fourth-order valence-corrected chi connectivity index (χ4v) is 2.00. The highest BCUT2D eigenvalue weighted by atomic mass is 16.5. The van der Waals surface area contributed by atoms with E-state index < -0.39 is 5.91 Å². The summed E-state index contributed by atoms with van der Waals surface area (Å²) in [6.45, 7) is 2.09. The van der Waals surface area contributed by atoms with Crippen LogP contribution in [0.15, 0.2) is 36.5 Å². The van der Waals surface area contributed by atoms with Crippen LogP contribution in [0.4, 0.5) is 0 Å². The summed E-state index contributed by atoms with van der Waals surface area (Å²) in [6, 6.07) is 9.64. The Kier molecular flexibility index (Phi) is 4.30. The first-order valence-corrected chi connectivity index (χ1v) is 6.34. The molecule has 2 rings (SSSR count). The van der Waals surface area contributed by atoms with E-state index in [1.54, 1.807) is 10.2 Å². The lowest BCUT2D eigenvalue weighted by Crippen LogP contribution is -2.20. The maximum atomic E-state index is 11.6. The van der Waals surface area contributed by atoms with E-state index in [0.29, 0.717) is 5.56 Å². The summed E-state index contributed by atoms with van der Waals surface area (Å²) in [5.74, 6) is -0.520. The van der Waals surface area contributed by atoms with E-state index in [2.05, 4.69) is 12.0 Å². The van der Waals surface area contributed by atoms with Gasteiger partial charge in [-0.15, -0.1) is 0 Å². The molecule has 0 aliphatic carbocycles. The van der Waals surface area contributed by atoms with E-state index >= 15 is 0 Å². The Bertz CT molecular complexity index is 549. The molecule has 0 atom stereocenters. The molecule has 1 heterocycles. The van der Waals surface area contributed by atoms with Crippen molar-refractivity contribution in [2.24, 2.45) is 0 Å². The van der Waals surface area contributed by atoms with Crippen LogP contribution in [0, 0.1) is 0 Å². The van der Waals surface area contributed by atoms with Crippen LogP contribution < -0.4 is 5.48 Å². The van der Waals surface area contributed by atoms with Gasteiger partial charge in [-0.1, -0.05) is 31.5 Å². The topological polar surface area (TPSA) is 67.2 Å². The highest BCUT2D eigenvalue weighted by Gasteiger charge is 2.17. The number of hydrogen-bond acceptors (Lipinski definition) is 3. The number of unbranched alkanes of at least 4 members (excludes halogenated alkanes) is 1. The average molecular weight is 259 g/mol. The molecule has 5 heteroatoms. The number of hydroxylamine groups is 1. The molecule has 1 aromatic heterocycles. The number of rotatable bonds is 5. The van der Waals surface area contributed by atoms with E-state index in [1.165, 1.54) is 6.20 Å². The second-order valence-electron chi connectivity index (χ2n) is 4.30. The summed E-state index contributed by atoms with van der Waals surface area (Å²) in [6.07, 6.45) is 4.22. The third-order valence-corrected chi connectivity index (χ3v) is 2.98. The van der Waals surface area contributed by atoms with Crippen LogP contribution >= 0.6 is 0 Å². The molecule has 0 bridgehead atoms. The molecule has 0 aliphatic heterocycles. The lowest BCUT2D eigenvalue weighted by atomic mass is 10.1. The minimum atomic E-state index is -0.520. The second-order valence-corrected chi connectivity index (χ2v) is 4.30. The molecule has 1 amide bonds. The third-order valence-electron chi connectivity index (χ3n) is 2.98. The van der Waals surface area contributed by atoms with Crippen LogP contribution in [-0.4, -0.2) is 20.9 Å². The molecule has 0 spiro atoms. The summed E-state index contributed by atoms with van der Waals surface area (Å²) in [4.78, 5) is 11.6. The van der Waals surface area contributed by atoms with Crippen molar-refractivity contribution in [3.63, 3.8) is 0 Å². The normalized spacial score (nSPS) is 10.4. The fraction of sp³-hybridized carbons (Fsp3) is 0.286. The summed E-state index contributed by atoms with van der Waals surface area (Å²) in [5, 5.41) is 13.0. The summed E-state index contributed by atoms with van der Waals surface area (Å²) < 4.78 is 1.75. The first-order valence-electron chi connectivity index (χ1n) is 6.34. The zero-order chi connectivity index (χ0) is 13.7. The molecule has 0 saturated carbocycles. The van der Waals surface area contributed by atoms with Gasteiger partial charge in [-0.2, -0.15) is 5.10 Å². The van der Waals surface area contributed by atoms with Crippen LogP contribution in [0.3, 0.4) is 0 Å². The summed E-state index contributed by atoms with van der Waals surface area (Å²) >= 11 is 0. The molecule has 0 aliphatic rings. The number of para-hydroxylation sites is 1. The van der Waals surface area contributed by atoms with E-state index in [9.17, 15) is 4.79 Å². The van der Waals surface area contributed by atoms with Crippen molar-refractivity contribution in [3.8, 4) is 5.69 Å². The maximum absolute atomic E-state index is 11.6. The molecule has 5 nitrogen and oxygen atoms in total. The number of hydrogen-bond donors (Lipinski definition) is 2. The van der Waals surface area contributed by atoms with E-state index in [0.717, 1.165) is 30.6 Å². The average Bonchev–Trinajstić information content (AvgIpc) is 2.89. The van der Waals surface area contributed by atoms with E-state index in [-0.39, 0.29) is 0 Å². The highest BCUT2D eigenvalue weighted by molar-refractivity contribution is 5.94. The molecule has 2 N–H and O–H groups in total. The largest absolute Gasteiger partial charge is 0.288 e. The fourth-order valence-electron chi connectivity index (χ4n) is 2.00. The summed E-state index contributed by atoms with van der Waals surface area (Å²) in [7, 11) is 0. The predicted octanol–water partition coefficient (Wildman–Crippen LogP) is 2.33. The van der Waals surface area contributed by atoms with Crippen molar-refractivity contribution in [2.75, 3.05) is 0 Å². The zero-order valence-corrected chi connectivity index (χ0v) is 10.8. The lowest BCUT2D eigenvalue weighted by Gasteiger charge is -2.08. The molecular weight excluding hydrogens is 242 g/mol. The number of aromatic nitrogens is 2. The van der Waals surface area contributed by atoms with Gasteiger partial charge < -0.3 is 0 Å². The molecular formula is C14H17N3O2. The van der Waals surface area contributed by atoms with Gasteiger partial charge in [-0.05, 0) is 25.0 Å². The van der Waals surface area contributed by atoms with Crippen molar-refractivity contribution in [2.45, 2.75) is 26.2 Å². The third kappa shape index (κ3) is 2.82. The minimum absolute atomic E-state index is 0.416. The van der Waals surface area contributed by atoms with Gasteiger partial charge in [0.25, 0.3) is 5.91 Å². The van der Waals surface area contributed by atoms with Crippen LogP contribution in [0.2, 0.25) is 0 Å². The van der Waals surface area contributed by atoms with Crippen molar-refractivity contribution in [1.29, 1.82) is 0 Å². The Morgan fingerprint density at radius 2 is 2.11 bits per heavy atom. The van der Waals surface area contributed by atoms with Gasteiger partial charge in [0.15, 0.2) is 0 Å². The molecule has 1 aromatic carbocycles. The van der Waals surface area contributed by atoms with Crippen LogP contribution in [-0.2, 0) is 6.42 Å². The Morgan fingerprint density at radius 3 is 2.74 bits per heavy atom. The number of nitrogens with zero attached hydrogens (tertiary/aromatic N) is 2. The summed E-state index contributed by atoms with van der Waals surface area (Å²) in [5.41, 5.74) is 3.81. The molecule has 0 fully saturated rings. The van der Waals surface area contributed by atoms with Gasteiger partial charge in [0, 0.05) is 0 Å². The van der Waals surface area contributed by atoms with Crippen LogP contribution in [0.5, 0.6) is 0 Å². The number of amides is 1. The molecule has 100 valence electrons. The quantitative estimate of drug-likeness (QED) is 0.639. The van der Waals surface area contributed by atoms with Gasteiger partial charge in [0.1, 0.15) is 0 Å². The van der Waals surface area contributed by atoms with Crippen LogP contribution in [0.1, 0.15) is 35.8 Å². The molecule has 0 unspecified atom stereocenters. The van der Waals surface area contributed by atoms with Crippen molar-refractivity contribution < 1.29 is 10.0 Å². The lowest BCUT2D eigenvalue weighted by molar-refractivity contribution is 0.0705.